The number of ether oxygens (including phenoxy) is 2. The Hall–Kier alpha value is -3.98. The molecule has 0 spiro atoms. The maximum Gasteiger partial charge on any atom is 0.412 e. The lowest BCUT2D eigenvalue weighted by Gasteiger charge is -2.19. The van der Waals surface area contributed by atoms with Crippen molar-refractivity contribution in [3.8, 4) is 0 Å². The molecule has 0 saturated carbocycles. The summed E-state index contributed by atoms with van der Waals surface area (Å²) in [5.74, 6) is -0.383. The smallest absolute Gasteiger partial charge is 0.412 e. The van der Waals surface area contributed by atoms with E-state index in [0.717, 1.165) is 6.42 Å². The summed E-state index contributed by atoms with van der Waals surface area (Å²) in [7, 11) is 0. The highest BCUT2D eigenvalue weighted by Crippen LogP contribution is 2.21. The molecule has 0 atom stereocenters. The Morgan fingerprint density at radius 2 is 1.67 bits per heavy atom. The number of anilines is 2. The highest BCUT2D eigenvalue weighted by Gasteiger charge is 2.18. The third-order valence-corrected chi connectivity index (χ3v) is 5.49. The van der Waals surface area contributed by atoms with Gasteiger partial charge in [-0.2, -0.15) is 0 Å². The van der Waals surface area contributed by atoms with E-state index < -0.39 is 11.7 Å². The van der Waals surface area contributed by atoms with Crippen LogP contribution in [0.2, 0.25) is 0 Å². The maximum atomic E-state index is 12.9. The van der Waals surface area contributed by atoms with Crippen molar-refractivity contribution in [1.29, 1.82) is 0 Å². The van der Waals surface area contributed by atoms with Gasteiger partial charge < -0.3 is 19.7 Å². The van der Waals surface area contributed by atoms with Gasteiger partial charge in [-0.15, -0.1) is 0 Å². The second-order valence-electron chi connectivity index (χ2n) is 9.55. The standard InChI is InChI=1S/C27H30N4O5/c1-27(2,3)36-26(34)30-22-9-10-23-19(16-22)15-20(17-28-23)24(32)29-21-7-5-18(6-8-21)25(33)31-11-4-13-35-14-12-31/h5-10,15-17H,4,11-14H2,1-3H3,(H,29,32)(H,30,34). The third-order valence-electron chi connectivity index (χ3n) is 5.49. The van der Waals surface area contributed by atoms with Crippen LogP contribution in [0.3, 0.4) is 0 Å². The Morgan fingerprint density at radius 1 is 0.917 bits per heavy atom. The summed E-state index contributed by atoms with van der Waals surface area (Å²) in [6, 6.07) is 13.7. The molecule has 9 nitrogen and oxygen atoms in total. The maximum absolute atomic E-state index is 12.9. The molecule has 188 valence electrons. The van der Waals surface area contributed by atoms with E-state index in [0.29, 0.717) is 59.7 Å². The second kappa shape index (κ2) is 10.7. The van der Waals surface area contributed by atoms with Crippen molar-refractivity contribution < 1.29 is 23.9 Å². The van der Waals surface area contributed by atoms with Crippen molar-refractivity contribution in [2.75, 3.05) is 36.9 Å². The van der Waals surface area contributed by atoms with Crippen LogP contribution in [0.25, 0.3) is 10.9 Å². The molecule has 1 saturated heterocycles. The van der Waals surface area contributed by atoms with Crippen molar-refractivity contribution >= 4 is 40.2 Å². The zero-order valence-electron chi connectivity index (χ0n) is 20.7. The Bertz CT molecular complexity index is 1260. The topological polar surface area (TPSA) is 110 Å². The van der Waals surface area contributed by atoms with Gasteiger partial charge in [0, 0.05) is 48.2 Å². The molecular weight excluding hydrogens is 460 g/mol. The predicted molar refractivity (Wildman–Crippen MR) is 137 cm³/mol. The largest absolute Gasteiger partial charge is 0.444 e. The number of nitrogens with zero attached hydrogens (tertiary/aromatic N) is 2. The minimum atomic E-state index is -0.610. The molecule has 2 N–H and O–H groups in total. The summed E-state index contributed by atoms with van der Waals surface area (Å²) in [4.78, 5) is 43.8. The van der Waals surface area contributed by atoms with Crippen molar-refractivity contribution in [2.24, 2.45) is 0 Å². The van der Waals surface area contributed by atoms with Gasteiger partial charge in [-0.3, -0.25) is 19.9 Å². The summed E-state index contributed by atoms with van der Waals surface area (Å²) in [6.45, 7) is 7.82. The Kier molecular flexibility index (Phi) is 7.49. The van der Waals surface area contributed by atoms with Crippen LogP contribution in [-0.2, 0) is 9.47 Å². The molecule has 9 heteroatoms. The first-order valence-corrected chi connectivity index (χ1v) is 11.9. The average Bonchev–Trinajstić information content (AvgIpc) is 3.12. The van der Waals surface area contributed by atoms with Gasteiger partial charge in [-0.25, -0.2) is 4.79 Å². The van der Waals surface area contributed by atoms with Crippen LogP contribution >= 0.6 is 0 Å². The van der Waals surface area contributed by atoms with Crippen LogP contribution in [0.4, 0.5) is 16.2 Å². The molecule has 36 heavy (non-hydrogen) atoms. The molecule has 1 aliphatic heterocycles. The van der Waals surface area contributed by atoms with E-state index in [2.05, 4.69) is 15.6 Å². The van der Waals surface area contributed by atoms with Crippen LogP contribution in [0.15, 0.2) is 54.7 Å². The number of carbonyl (C=O) groups excluding carboxylic acids is 3. The van der Waals surface area contributed by atoms with Crippen molar-refractivity contribution in [1.82, 2.24) is 9.88 Å². The molecule has 0 radical (unpaired) electrons. The highest BCUT2D eigenvalue weighted by molar-refractivity contribution is 6.06. The van der Waals surface area contributed by atoms with E-state index in [4.69, 9.17) is 9.47 Å². The molecule has 0 bridgehead atoms. The van der Waals surface area contributed by atoms with E-state index >= 15 is 0 Å². The summed E-state index contributed by atoms with van der Waals surface area (Å²) >= 11 is 0. The number of hydrogen-bond donors (Lipinski definition) is 2. The first-order valence-electron chi connectivity index (χ1n) is 11.9. The number of aromatic nitrogens is 1. The lowest BCUT2D eigenvalue weighted by molar-refractivity contribution is 0.0635. The van der Waals surface area contributed by atoms with E-state index in [1.807, 2.05) is 0 Å². The van der Waals surface area contributed by atoms with Crippen LogP contribution in [0.5, 0.6) is 0 Å². The van der Waals surface area contributed by atoms with E-state index in [9.17, 15) is 14.4 Å². The molecule has 3 amide bonds. The van der Waals surface area contributed by atoms with Gasteiger partial charge in [0.15, 0.2) is 0 Å². The minimum Gasteiger partial charge on any atom is -0.444 e. The van der Waals surface area contributed by atoms with Crippen LogP contribution in [0.1, 0.15) is 47.9 Å². The number of fused-ring (bicyclic) bond motifs is 1. The summed E-state index contributed by atoms with van der Waals surface area (Å²) in [5.41, 5.74) is 2.10. The number of nitrogens with one attached hydrogen (secondary N) is 2. The van der Waals surface area contributed by atoms with Crippen molar-refractivity contribution in [2.45, 2.75) is 32.8 Å². The molecule has 2 heterocycles. The molecule has 3 aromatic rings. The number of carbonyl (C=O) groups is 3. The third kappa shape index (κ3) is 6.57. The Balaban J connectivity index is 1.42. The van der Waals surface area contributed by atoms with Gasteiger partial charge in [-0.1, -0.05) is 0 Å². The Labute approximate surface area is 209 Å². The van der Waals surface area contributed by atoms with Crippen LogP contribution < -0.4 is 10.6 Å². The molecule has 4 rings (SSSR count). The van der Waals surface area contributed by atoms with Gasteiger partial charge in [0.05, 0.1) is 17.7 Å². The monoisotopic (exact) mass is 490 g/mol. The zero-order chi connectivity index (χ0) is 25.7. The van der Waals surface area contributed by atoms with E-state index in [1.54, 1.807) is 74.2 Å². The summed E-state index contributed by atoms with van der Waals surface area (Å²) in [6.07, 6.45) is 1.76. The average molecular weight is 491 g/mol. The zero-order valence-corrected chi connectivity index (χ0v) is 20.7. The van der Waals surface area contributed by atoms with E-state index in [-0.39, 0.29) is 11.8 Å². The molecule has 0 unspecified atom stereocenters. The number of pyridine rings is 1. The van der Waals surface area contributed by atoms with Gasteiger partial charge in [0.25, 0.3) is 11.8 Å². The lowest BCUT2D eigenvalue weighted by Crippen LogP contribution is -2.33. The van der Waals surface area contributed by atoms with Crippen LogP contribution in [0, 0.1) is 0 Å². The van der Waals surface area contributed by atoms with Gasteiger partial charge in [0.2, 0.25) is 0 Å². The highest BCUT2D eigenvalue weighted by atomic mass is 16.6. The molecule has 1 fully saturated rings. The molecule has 2 aromatic carbocycles. The fourth-order valence-corrected chi connectivity index (χ4v) is 3.79. The summed E-state index contributed by atoms with van der Waals surface area (Å²) in [5, 5.41) is 6.22. The molecule has 0 aliphatic carbocycles. The van der Waals surface area contributed by atoms with E-state index in [1.165, 1.54) is 6.20 Å². The lowest BCUT2D eigenvalue weighted by atomic mass is 10.1. The molecule has 1 aliphatic rings. The Morgan fingerprint density at radius 3 is 2.42 bits per heavy atom. The first-order chi connectivity index (χ1) is 17.2. The normalized spacial score (nSPS) is 14.1. The van der Waals surface area contributed by atoms with Crippen LogP contribution in [-0.4, -0.2) is 59.7 Å². The van der Waals surface area contributed by atoms with Gasteiger partial charge in [0.1, 0.15) is 5.60 Å². The minimum absolute atomic E-state index is 0.0482. The number of benzene rings is 2. The quantitative estimate of drug-likeness (QED) is 0.549. The van der Waals surface area contributed by atoms with Crippen molar-refractivity contribution in [3.05, 3.63) is 65.9 Å². The number of hydrogen-bond acceptors (Lipinski definition) is 6. The fourth-order valence-electron chi connectivity index (χ4n) is 3.79. The second-order valence-corrected chi connectivity index (χ2v) is 9.55. The van der Waals surface area contributed by atoms with Gasteiger partial charge in [-0.05, 0) is 75.7 Å². The predicted octanol–water partition coefficient (Wildman–Crippen LogP) is 4.70. The molecular formula is C27H30N4O5. The SMILES string of the molecule is CC(C)(C)OC(=O)Nc1ccc2ncc(C(=O)Nc3ccc(C(=O)N4CCCOCC4)cc3)cc2c1. The fraction of sp³-hybridized carbons (Fsp3) is 0.333. The first kappa shape index (κ1) is 25.1. The number of amides is 3. The molecule has 1 aromatic heterocycles. The number of rotatable bonds is 4. The summed E-state index contributed by atoms with van der Waals surface area (Å²) < 4.78 is 10.7. The van der Waals surface area contributed by atoms with Crippen molar-refractivity contribution in [3.63, 3.8) is 0 Å². The van der Waals surface area contributed by atoms with Gasteiger partial charge >= 0.3 is 6.09 Å².